The van der Waals surface area contributed by atoms with Gasteiger partial charge in [-0.05, 0) is 62.1 Å². The van der Waals surface area contributed by atoms with Crippen LogP contribution in [-0.2, 0) is 30.5 Å². The smallest absolute Gasteiger partial charge is 0.341 e. The van der Waals surface area contributed by atoms with E-state index >= 15 is 0 Å². The maximum atomic E-state index is 14.5. The summed E-state index contributed by atoms with van der Waals surface area (Å²) in [6, 6.07) is 30.6. The molecule has 376 valence electrons. The van der Waals surface area contributed by atoms with Crippen LogP contribution in [-0.4, -0.2) is 73.6 Å². The largest absolute Gasteiger partial charge is 0.479 e. The van der Waals surface area contributed by atoms with Crippen molar-refractivity contribution in [2.45, 2.75) is 119 Å². The molecule has 6 aromatic carbocycles. The van der Waals surface area contributed by atoms with Crippen LogP contribution in [0.5, 0.6) is 0 Å². The number of aliphatic hydroxyl groups is 2. The third-order valence-corrected chi connectivity index (χ3v) is 18.7. The van der Waals surface area contributed by atoms with Gasteiger partial charge in [0.25, 0.3) is 11.8 Å². The Balaban J connectivity index is 0.732. The van der Waals surface area contributed by atoms with Crippen LogP contribution >= 0.6 is 0 Å². The summed E-state index contributed by atoms with van der Waals surface area (Å²) < 4.78 is 21.3. The fraction of sp³-hybridized carbons (Fsp3) is 0.322. The minimum Gasteiger partial charge on any atom is -0.479 e. The number of rotatable bonds is 10. The quantitative estimate of drug-likeness (QED) is 0.0714. The predicted octanol–water partition coefficient (Wildman–Crippen LogP) is 9.96. The number of unbranched alkanes of at least 4 members (excludes halogenated alkanes) is 4. The van der Waals surface area contributed by atoms with Gasteiger partial charge >= 0.3 is 11.9 Å². The van der Waals surface area contributed by atoms with E-state index in [2.05, 4.69) is 10.6 Å². The molecule has 0 aliphatic carbocycles. The van der Waals surface area contributed by atoms with Gasteiger partial charge in [0, 0.05) is 55.9 Å². The molecule has 6 aliphatic rings. The van der Waals surface area contributed by atoms with E-state index in [0.717, 1.165) is 119 Å². The van der Waals surface area contributed by atoms with Crippen LogP contribution in [0.2, 0.25) is 0 Å². The van der Waals surface area contributed by atoms with Crippen molar-refractivity contribution in [3.05, 3.63) is 119 Å². The van der Waals surface area contributed by atoms with Gasteiger partial charge in [0.1, 0.15) is 12.5 Å². The highest BCUT2D eigenvalue weighted by atomic mass is 16.6. The Morgan fingerprint density at radius 3 is 1.25 bits per heavy atom. The van der Waals surface area contributed by atoms with E-state index in [1.54, 1.807) is 13.8 Å². The van der Waals surface area contributed by atoms with Crippen molar-refractivity contribution in [2.24, 2.45) is 0 Å². The molecule has 16 heteroatoms. The van der Waals surface area contributed by atoms with Gasteiger partial charge in [-0.1, -0.05) is 105 Å². The molecule has 16 rings (SSSR count). The van der Waals surface area contributed by atoms with Crippen LogP contribution in [0.3, 0.4) is 0 Å². The van der Waals surface area contributed by atoms with Gasteiger partial charge in [-0.2, -0.15) is 0 Å². The Labute approximate surface area is 425 Å². The number of nitrogens with one attached hydrogen (secondary N) is 2. The molecule has 16 nitrogen and oxygen atoms in total. The van der Waals surface area contributed by atoms with E-state index in [1.165, 1.54) is 0 Å². The second-order valence-corrected chi connectivity index (χ2v) is 22.2. The third-order valence-electron chi connectivity index (χ3n) is 18.7. The number of para-hydroxylation sites is 4. The fourth-order valence-electron chi connectivity index (χ4n) is 15.4. The number of fused-ring (bicyclic) bond motifs is 26. The molecule has 4 aromatic heterocycles. The summed E-state index contributed by atoms with van der Waals surface area (Å²) in [6.07, 6.45) is 3.69. The SMILES string of the molecule is C[C@]12O[C@H](C[C@]1(O)C(=O)O)n1c3ccccc3c3c4c(c5c6ccccc6n2c5c31)C(CCCCCCCC1NC(=O)c2c1c1c3ccccc3n3c1c1c2c2ccccc2n1[C@H]1C[C@](O)(C(=O)O)[C@]3(C)O1)NC4=O. The molecule has 6 aliphatic heterocycles. The molecule has 6 N–H and O–H groups in total. The van der Waals surface area contributed by atoms with Crippen LogP contribution in [0, 0.1) is 0 Å². The van der Waals surface area contributed by atoms with E-state index in [-0.39, 0.29) is 36.7 Å². The molecule has 0 radical (unpaired) electrons. The molecule has 4 bridgehead atoms. The average molecular weight is 1000 g/mol. The van der Waals surface area contributed by atoms with E-state index in [0.29, 0.717) is 35.0 Å². The van der Waals surface area contributed by atoms with Crippen molar-refractivity contribution in [1.82, 2.24) is 28.9 Å². The standard InChI is InChI=1S/C59H50N6O10/c1-56-58(72,54(68)69)26-38(74-56)62-34-22-12-8-16-28(34)42-46-44(40-30-18-10-14-24-36(30)64(56)50(40)48(42)62)32(60-52(46)66)20-6-4-3-5-7-21-33-45-41-31-19-11-15-25-37(31)65-51(41)49-43(47(45)53(67)61-33)29-17-9-13-23-35(29)63(49)39-27-59(73,55(70)71)57(65,2)75-39/h8-19,22-25,32-33,38-39,72-73H,3-7,20-21,26-27H2,1-2H3,(H,60,66)(H,61,67)(H,68,69)(H,70,71)/t32?,33?,38-,39-,56+,57+,58+,59+/m1/s1. The minimum atomic E-state index is -2.26. The van der Waals surface area contributed by atoms with Crippen LogP contribution in [0.15, 0.2) is 97.1 Å². The first-order chi connectivity index (χ1) is 36.2. The maximum absolute atomic E-state index is 14.5. The van der Waals surface area contributed by atoms with Gasteiger partial charge in [-0.3, -0.25) is 9.59 Å². The summed E-state index contributed by atoms with van der Waals surface area (Å²) in [7, 11) is 0. The molecule has 2 saturated heterocycles. The summed E-state index contributed by atoms with van der Waals surface area (Å²) in [5, 5.41) is 59.3. The summed E-state index contributed by atoms with van der Waals surface area (Å²) in [6.45, 7) is 3.33. The first kappa shape index (κ1) is 43.6. The van der Waals surface area contributed by atoms with Gasteiger partial charge < -0.3 is 58.8 Å². The number of aliphatic carboxylic acids is 2. The zero-order chi connectivity index (χ0) is 51.0. The Bertz CT molecular complexity index is 4100. The number of carboxylic acid groups (broad SMARTS) is 2. The minimum absolute atomic E-state index is 0.147. The molecule has 0 spiro atoms. The lowest BCUT2D eigenvalue weighted by Gasteiger charge is -2.36. The zero-order valence-corrected chi connectivity index (χ0v) is 40.9. The number of carboxylic acids is 2. The maximum Gasteiger partial charge on any atom is 0.341 e. The van der Waals surface area contributed by atoms with Crippen molar-refractivity contribution >= 4 is 111 Å². The fourth-order valence-corrected chi connectivity index (χ4v) is 15.4. The summed E-state index contributed by atoms with van der Waals surface area (Å²) in [4.78, 5) is 55.3. The average Bonchev–Trinajstić information content (AvgIpc) is 4.36. The van der Waals surface area contributed by atoms with E-state index in [9.17, 15) is 39.6 Å². The highest BCUT2D eigenvalue weighted by Crippen LogP contribution is 2.61. The molecule has 10 aromatic rings. The lowest BCUT2D eigenvalue weighted by Crippen LogP contribution is -2.55. The Morgan fingerprint density at radius 1 is 0.520 bits per heavy atom. The normalized spacial score (nSPS) is 28.1. The van der Waals surface area contributed by atoms with E-state index < -0.39 is 47.0 Å². The number of benzene rings is 6. The number of ether oxygens (including phenoxy) is 2. The number of amides is 2. The number of carbonyl (C=O) groups is 4. The van der Waals surface area contributed by atoms with Gasteiger partial charge in [-0.15, -0.1) is 0 Å². The number of nitrogens with zero attached hydrogens (tertiary/aromatic N) is 4. The number of hydrogen-bond donors (Lipinski definition) is 6. The second kappa shape index (κ2) is 14.1. The van der Waals surface area contributed by atoms with Crippen molar-refractivity contribution in [1.29, 1.82) is 0 Å². The van der Waals surface area contributed by atoms with Gasteiger partial charge in [0.05, 0.1) is 67.3 Å². The van der Waals surface area contributed by atoms with Crippen molar-refractivity contribution in [2.75, 3.05) is 0 Å². The molecule has 2 fully saturated rings. The van der Waals surface area contributed by atoms with Crippen LogP contribution in [0.4, 0.5) is 0 Å². The predicted molar refractivity (Wildman–Crippen MR) is 280 cm³/mol. The Kier molecular flexibility index (Phi) is 8.22. The molecule has 2 unspecified atom stereocenters. The van der Waals surface area contributed by atoms with Crippen molar-refractivity contribution in [3.8, 4) is 0 Å². The topological polar surface area (TPSA) is 211 Å². The summed E-state index contributed by atoms with van der Waals surface area (Å²) >= 11 is 0. The third kappa shape index (κ3) is 4.90. The highest BCUT2D eigenvalue weighted by molar-refractivity contribution is 6.33. The lowest BCUT2D eigenvalue weighted by atomic mass is 9.88. The second-order valence-electron chi connectivity index (χ2n) is 22.2. The summed E-state index contributed by atoms with van der Waals surface area (Å²) in [5.74, 6) is -3.01. The number of carbonyl (C=O) groups excluding carboxylic acids is 2. The lowest BCUT2D eigenvalue weighted by molar-refractivity contribution is -0.200. The van der Waals surface area contributed by atoms with Crippen molar-refractivity contribution < 1.29 is 49.1 Å². The van der Waals surface area contributed by atoms with Gasteiger partial charge in [-0.25, -0.2) is 9.59 Å². The van der Waals surface area contributed by atoms with E-state index in [1.807, 2.05) is 115 Å². The molecule has 2 amide bonds. The number of hydrogen-bond acceptors (Lipinski definition) is 8. The Hall–Kier alpha value is -7.76. The number of aromatic nitrogens is 4. The van der Waals surface area contributed by atoms with Crippen LogP contribution in [0.25, 0.3) is 87.2 Å². The molecular formula is C59H50N6O10. The molecular weight excluding hydrogens is 953 g/mol. The highest BCUT2D eigenvalue weighted by Gasteiger charge is 2.67. The van der Waals surface area contributed by atoms with Crippen molar-refractivity contribution in [3.63, 3.8) is 0 Å². The molecule has 0 saturated carbocycles. The monoisotopic (exact) mass is 1000 g/mol. The summed E-state index contributed by atoms with van der Waals surface area (Å²) in [5.41, 5.74) is 1.21. The zero-order valence-electron chi connectivity index (χ0n) is 40.9. The Morgan fingerprint density at radius 2 is 0.867 bits per heavy atom. The van der Waals surface area contributed by atoms with Crippen LogP contribution < -0.4 is 10.6 Å². The van der Waals surface area contributed by atoms with E-state index in [4.69, 9.17) is 9.47 Å². The van der Waals surface area contributed by atoms with Gasteiger partial charge in [0.2, 0.25) is 11.2 Å². The molecule has 10 heterocycles. The molecule has 75 heavy (non-hydrogen) atoms. The first-order valence-electron chi connectivity index (χ1n) is 26.1. The molecule has 8 atom stereocenters. The van der Waals surface area contributed by atoms with Gasteiger partial charge in [0.15, 0.2) is 11.4 Å². The first-order valence-corrected chi connectivity index (χ1v) is 26.1. The van der Waals surface area contributed by atoms with Crippen LogP contribution in [0.1, 0.15) is 128 Å².